The lowest BCUT2D eigenvalue weighted by Crippen LogP contribution is -2.21. The third kappa shape index (κ3) is 5.08. The number of nitrogens with one attached hydrogen (secondary N) is 2. The van der Waals surface area contributed by atoms with E-state index in [4.69, 9.17) is 9.97 Å². The van der Waals surface area contributed by atoms with Gasteiger partial charge in [0.05, 0.1) is 5.69 Å². The Bertz CT molecular complexity index is 906. The molecule has 3 rings (SSSR count). The normalized spacial score (nSPS) is 10.9. The van der Waals surface area contributed by atoms with Crippen molar-refractivity contribution in [1.82, 2.24) is 14.9 Å². The van der Waals surface area contributed by atoms with Crippen molar-refractivity contribution in [2.45, 2.75) is 20.3 Å². The first-order valence-corrected chi connectivity index (χ1v) is 9.75. The number of nitrogens with zero attached hydrogens (tertiary/aromatic N) is 3. The number of benzene rings is 2. The van der Waals surface area contributed by atoms with Gasteiger partial charge in [-0.25, -0.2) is 4.98 Å². The Morgan fingerprint density at radius 1 is 0.964 bits per heavy atom. The van der Waals surface area contributed by atoms with E-state index in [2.05, 4.69) is 73.8 Å². The van der Waals surface area contributed by atoms with Crippen molar-refractivity contribution in [2.24, 2.45) is 0 Å². The van der Waals surface area contributed by atoms with Gasteiger partial charge in [-0.15, -0.1) is 0 Å². The van der Waals surface area contributed by atoms with Crippen LogP contribution in [0.2, 0.25) is 0 Å². The van der Waals surface area contributed by atoms with Crippen LogP contribution in [-0.4, -0.2) is 42.1 Å². The van der Waals surface area contributed by atoms with Gasteiger partial charge in [-0.2, -0.15) is 4.98 Å². The van der Waals surface area contributed by atoms with Crippen LogP contribution in [0.15, 0.2) is 54.6 Å². The number of para-hydroxylation sites is 1. The summed E-state index contributed by atoms with van der Waals surface area (Å²) in [5, 5.41) is 6.89. The van der Waals surface area contributed by atoms with Gasteiger partial charge in [-0.3, -0.25) is 0 Å². The monoisotopic (exact) mass is 375 g/mol. The van der Waals surface area contributed by atoms with E-state index in [1.54, 1.807) is 0 Å². The molecule has 0 aliphatic rings. The molecule has 2 aromatic carbocycles. The molecule has 1 heterocycles. The Labute approximate surface area is 167 Å². The number of anilines is 3. The summed E-state index contributed by atoms with van der Waals surface area (Å²) in [5.74, 6) is 1.43. The van der Waals surface area contributed by atoms with Crippen LogP contribution < -0.4 is 10.6 Å². The number of hydrogen-bond donors (Lipinski definition) is 2. The highest BCUT2D eigenvalue weighted by atomic mass is 15.2. The van der Waals surface area contributed by atoms with Crippen LogP contribution in [0, 0.1) is 6.92 Å². The number of aryl methyl sites for hydroxylation is 2. The molecule has 28 heavy (non-hydrogen) atoms. The Morgan fingerprint density at radius 2 is 1.75 bits per heavy atom. The second-order valence-corrected chi connectivity index (χ2v) is 7.15. The maximum atomic E-state index is 4.79. The van der Waals surface area contributed by atoms with Crippen LogP contribution in [-0.2, 0) is 6.42 Å². The van der Waals surface area contributed by atoms with E-state index in [-0.39, 0.29) is 0 Å². The first-order chi connectivity index (χ1) is 13.6. The van der Waals surface area contributed by atoms with Crippen LogP contribution in [0.5, 0.6) is 0 Å². The van der Waals surface area contributed by atoms with E-state index in [0.717, 1.165) is 42.3 Å². The van der Waals surface area contributed by atoms with E-state index < -0.39 is 0 Å². The van der Waals surface area contributed by atoms with Crippen molar-refractivity contribution in [3.8, 4) is 11.3 Å². The minimum absolute atomic E-state index is 0.609. The summed E-state index contributed by atoms with van der Waals surface area (Å²) >= 11 is 0. The molecule has 0 amide bonds. The van der Waals surface area contributed by atoms with Crippen LogP contribution in [0.1, 0.15) is 18.1 Å². The van der Waals surface area contributed by atoms with E-state index in [9.17, 15) is 0 Å². The minimum Gasteiger partial charge on any atom is -0.369 e. The van der Waals surface area contributed by atoms with Crippen molar-refractivity contribution in [3.05, 3.63) is 65.7 Å². The minimum atomic E-state index is 0.609. The summed E-state index contributed by atoms with van der Waals surface area (Å²) in [7, 11) is 4.13. The topological polar surface area (TPSA) is 53.1 Å². The zero-order valence-corrected chi connectivity index (χ0v) is 17.2. The average Bonchev–Trinajstić information content (AvgIpc) is 2.70. The molecule has 5 nitrogen and oxygen atoms in total. The Morgan fingerprint density at radius 3 is 2.46 bits per heavy atom. The second kappa shape index (κ2) is 9.33. The molecule has 2 N–H and O–H groups in total. The highest BCUT2D eigenvalue weighted by Gasteiger charge is 2.10. The van der Waals surface area contributed by atoms with E-state index >= 15 is 0 Å². The first-order valence-electron chi connectivity index (χ1n) is 9.75. The maximum absolute atomic E-state index is 4.79. The van der Waals surface area contributed by atoms with Crippen molar-refractivity contribution in [1.29, 1.82) is 0 Å². The molecule has 0 radical (unpaired) electrons. The summed E-state index contributed by atoms with van der Waals surface area (Å²) in [6.45, 7) is 6.03. The summed E-state index contributed by atoms with van der Waals surface area (Å²) in [5.41, 5.74) is 5.52. The molecule has 0 saturated heterocycles. The Balaban J connectivity index is 1.95. The lowest BCUT2D eigenvalue weighted by atomic mass is 10.1. The van der Waals surface area contributed by atoms with Gasteiger partial charge in [0.2, 0.25) is 5.95 Å². The molecule has 146 valence electrons. The number of likely N-dealkylation sites (N-methyl/N-ethyl adjacent to an activating group) is 1. The van der Waals surface area contributed by atoms with Gasteiger partial charge < -0.3 is 15.5 Å². The lowest BCUT2D eigenvalue weighted by molar-refractivity contribution is 0.425. The van der Waals surface area contributed by atoms with E-state index in [0.29, 0.717) is 5.95 Å². The average molecular weight is 376 g/mol. The zero-order chi connectivity index (χ0) is 19.9. The molecule has 0 spiro atoms. The lowest BCUT2D eigenvalue weighted by Gasteiger charge is -2.16. The largest absolute Gasteiger partial charge is 0.369 e. The number of hydrogen-bond acceptors (Lipinski definition) is 5. The second-order valence-electron chi connectivity index (χ2n) is 7.15. The standard InChI is InChI=1S/C23H29N5/c1-5-18-13-9-10-17(2)22(18)27-23-25-20(19-11-7-6-8-12-19)16-21(26-23)24-14-15-28(3)4/h6-13,16H,5,14-15H2,1-4H3,(H2,24,25,26,27). The number of rotatable bonds is 8. The molecule has 0 bridgehead atoms. The molecule has 5 heteroatoms. The van der Waals surface area contributed by atoms with Crippen molar-refractivity contribution >= 4 is 17.5 Å². The van der Waals surface area contributed by atoms with Gasteiger partial charge in [0, 0.05) is 30.4 Å². The summed E-state index contributed by atoms with van der Waals surface area (Å²) in [6.07, 6.45) is 0.955. The molecular formula is C23H29N5. The molecule has 0 aliphatic carbocycles. The van der Waals surface area contributed by atoms with Gasteiger partial charge in [-0.1, -0.05) is 55.5 Å². The highest BCUT2D eigenvalue weighted by molar-refractivity contribution is 5.68. The summed E-state index contributed by atoms with van der Waals surface area (Å²) in [6, 6.07) is 18.6. The van der Waals surface area contributed by atoms with Crippen LogP contribution in [0.4, 0.5) is 17.5 Å². The third-order valence-electron chi connectivity index (χ3n) is 4.64. The summed E-state index contributed by atoms with van der Waals surface area (Å²) < 4.78 is 0. The molecule has 0 fully saturated rings. The van der Waals surface area contributed by atoms with Crippen molar-refractivity contribution in [3.63, 3.8) is 0 Å². The van der Waals surface area contributed by atoms with Gasteiger partial charge in [0.25, 0.3) is 0 Å². The van der Waals surface area contributed by atoms with Gasteiger partial charge in [0.1, 0.15) is 5.82 Å². The van der Waals surface area contributed by atoms with Gasteiger partial charge >= 0.3 is 0 Å². The van der Waals surface area contributed by atoms with Gasteiger partial charge in [-0.05, 0) is 38.6 Å². The fourth-order valence-electron chi connectivity index (χ4n) is 3.07. The van der Waals surface area contributed by atoms with Gasteiger partial charge in [0.15, 0.2) is 0 Å². The predicted octanol–water partition coefficient (Wildman–Crippen LogP) is 4.73. The third-order valence-corrected chi connectivity index (χ3v) is 4.64. The van der Waals surface area contributed by atoms with Crippen molar-refractivity contribution in [2.75, 3.05) is 37.8 Å². The van der Waals surface area contributed by atoms with Crippen LogP contribution >= 0.6 is 0 Å². The molecule has 0 aliphatic heterocycles. The molecule has 1 aromatic heterocycles. The highest BCUT2D eigenvalue weighted by Crippen LogP contribution is 2.27. The van der Waals surface area contributed by atoms with Crippen LogP contribution in [0.25, 0.3) is 11.3 Å². The first kappa shape index (κ1) is 19.8. The molecule has 0 atom stereocenters. The zero-order valence-electron chi connectivity index (χ0n) is 17.2. The fraction of sp³-hybridized carbons (Fsp3) is 0.304. The maximum Gasteiger partial charge on any atom is 0.229 e. The van der Waals surface area contributed by atoms with Crippen molar-refractivity contribution < 1.29 is 0 Å². The quantitative estimate of drug-likeness (QED) is 0.596. The Hall–Kier alpha value is -2.92. The van der Waals surface area contributed by atoms with E-state index in [1.165, 1.54) is 11.1 Å². The molecule has 0 unspecified atom stereocenters. The van der Waals surface area contributed by atoms with Crippen LogP contribution in [0.3, 0.4) is 0 Å². The number of aromatic nitrogens is 2. The molecule has 3 aromatic rings. The summed E-state index contributed by atoms with van der Waals surface area (Å²) in [4.78, 5) is 11.6. The predicted molar refractivity (Wildman–Crippen MR) is 118 cm³/mol. The SMILES string of the molecule is CCc1cccc(C)c1Nc1nc(NCCN(C)C)cc(-c2ccccc2)n1. The molecule has 0 saturated carbocycles. The van der Waals surface area contributed by atoms with E-state index in [1.807, 2.05) is 24.3 Å². The smallest absolute Gasteiger partial charge is 0.229 e. The molecular weight excluding hydrogens is 346 g/mol. The fourth-order valence-corrected chi connectivity index (χ4v) is 3.07. The Kier molecular flexibility index (Phi) is 6.61.